The lowest BCUT2D eigenvalue weighted by Crippen LogP contribution is -2.37. The van der Waals surface area contributed by atoms with Gasteiger partial charge in [0, 0.05) is 37.1 Å². The third-order valence-electron chi connectivity index (χ3n) is 3.46. The van der Waals surface area contributed by atoms with Gasteiger partial charge in [-0.05, 0) is 25.9 Å². The summed E-state index contributed by atoms with van der Waals surface area (Å²) >= 11 is 0. The lowest BCUT2D eigenvalue weighted by atomic mass is 10.2. The van der Waals surface area contributed by atoms with Crippen molar-refractivity contribution in [3.63, 3.8) is 0 Å². The number of aromatic nitrogens is 2. The molecular formula is C13H22N4. The Morgan fingerprint density at radius 3 is 3.24 bits per heavy atom. The molecule has 0 spiro atoms. The van der Waals surface area contributed by atoms with Crippen molar-refractivity contribution in [2.75, 3.05) is 19.6 Å². The van der Waals surface area contributed by atoms with E-state index in [0.717, 1.165) is 19.1 Å². The summed E-state index contributed by atoms with van der Waals surface area (Å²) in [6.07, 6.45) is 8.27. The summed E-state index contributed by atoms with van der Waals surface area (Å²) < 4.78 is 1.74. The van der Waals surface area contributed by atoms with Gasteiger partial charge < -0.3 is 5.32 Å². The molecule has 0 aromatic carbocycles. The van der Waals surface area contributed by atoms with Crippen LogP contribution in [0.5, 0.6) is 0 Å². The summed E-state index contributed by atoms with van der Waals surface area (Å²) in [6, 6.07) is 0.717. The van der Waals surface area contributed by atoms with E-state index in [1.807, 2.05) is 12.4 Å². The zero-order chi connectivity index (χ0) is 12.1. The van der Waals surface area contributed by atoms with Crippen molar-refractivity contribution in [3.8, 4) is 0 Å². The molecule has 4 heteroatoms. The molecule has 0 radical (unpaired) electrons. The molecule has 94 valence electrons. The molecule has 1 atom stereocenters. The summed E-state index contributed by atoms with van der Waals surface area (Å²) in [5.74, 6) is 0. The van der Waals surface area contributed by atoms with E-state index >= 15 is 0 Å². The summed E-state index contributed by atoms with van der Waals surface area (Å²) in [6.45, 7) is 10.3. The van der Waals surface area contributed by atoms with E-state index in [-0.39, 0.29) is 0 Å². The minimum absolute atomic E-state index is 0.717. The first-order valence-corrected chi connectivity index (χ1v) is 6.44. The Bertz CT molecular complexity index is 358. The molecule has 0 amide bonds. The second kappa shape index (κ2) is 5.98. The van der Waals surface area contributed by atoms with Crippen LogP contribution in [-0.2, 0) is 6.54 Å². The molecule has 1 unspecified atom stereocenters. The maximum atomic E-state index is 4.16. The second-order valence-corrected chi connectivity index (χ2v) is 4.57. The molecule has 1 aromatic rings. The smallest absolute Gasteiger partial charge is 0.0538 e. The molecule has 0 bridgehead atoms. The Morgan fingerprint density at radius 1 is 1.65 bits per heavy atom. The van der Waals surface area contributed by atoms with E-state index < -0.39 is 0 Å². The van der Waals surface area contributed by atoms with Crippen molar-refractivity contribution >= 4 is 6.20 Å². The van der Waals surface area contributed by atoms with E-state index in [0.29, 0.717) is 0 Å². The summed E-state index contributed by atoms with van der Waals surface area (Å²) in [5.41, 5.74) is 1.21. The van der Waals surface area contributed by atoms with Gasteiger partial charge in [-0.2, -0.15) is 5.10 Å². The third kappa shape index (κ3) is 3.17. The van der Waals surface area contributed by atoms with Gasteiger partial charge >= 0.3 is 0 Å². The molecule has 1 saturated heterocycles. The molecule has 2 heterocycles. The second-order valence-electron chi connectivity index (χ2n) is 4.57. The van der Waals surface area contributed by atoms with Crippen LogP contribution in [0.15, 0.2) is 19.0 Å². The van der Waals surface area contributed by atoms with Gasteiger partial charge in [0.1, 0.15) is 0 Å². The molecule has 4 nitrogen and oxygen atoms in total. The third-order valence-corrected chi connectivity index (χ3v) is 3.46. The first-order chi connectivity index (χ1) is 8.33. The predicted molar refractivity (Wildman–Crippen MR) is 70.6 cm³/mol. The van der Waals surface area contributed by atoms with E-state index in [1.165, 1.54) is 31.5 Å². The molecule has 0 saturated carbocycles. The van der Waals surface area contributed by atoms with Gasteiger partial charge in [0.15, 0.2) is 0 Å². The highest BCUT2D eigenvalue weighted by atomic mass is 15.2. The summed E-state index contributed by atoms with van der Waals surface area (Å²) in [5, 5.41) is 7.68. The fraction of sp³-hybridized carbons (Fsp3) is 0.615. The standard InChI is InChI=1S/C13H22N4/c1-3-16-7-5-6-13(16)10-14-8-12-9-15-17(4-2)11-12/h4,9,11,13-14H,2-3,5-8,10H2,1H3. The van der Waals surface area contributed by atoms with Gasteiger partial charge in [-0.3, -0.25) is 4.90 Å². The van der Waals surface area contributed by atoms with Gasteiger partial charge in [-0.25, -0.2) is 4.68 Å². The van der Waals surface area contributed by atoms with Crippen LogP contribution in [-0.4, -0.2) is 40.4 Å². The average Bonchev–Trinajstić information content (AvgIpc) is 2.97. The lowest BCUT2D eigenvalue weighted by Gasteiger charge is -2.22. The number of likely N-dealkylation sites (tertiary alicyclic amines) is 1. The fourth-order valence-electron chi connectivity index (χ4n) is 2.49. The van der Waals surface area contributed by atoms with Crippen LogP contribution in [0.2, 0.25) is 0 Å². The van der Waals surface area contributed by atoms with Crippen LogP contribution in [0.4, 0.5) is 0 Å². The highest BCUT2D eigenvalue weighted by Gasteiger charge is 2.21. The van der Waals surface area contributed by atoms with Crippen molar-refractivity contribution in [2.24, 2.45) is 0 Å². The maximum absolute atomic E-state index is 4.16. The van der Waals surface area contributed by atoms with Gasteiger partial charge in [-0.1, -0.05) is 13.5 Å². The SMILES string of the molecule is C=Cn1cc(CNCC2CCCN2CC)cn1. The Kier molecular flexibility index (Phi) is 4.34. The fourth-order valence-corrected chi connectivity index (χ4v) is 2.49. The molecule has 1 aliphatic heterocycles. The monoisotopic (exact) mass is 234 g/mol. The van der Waals surface area contributed by atoms with Crippen LogP contribution in [0, 0.1) is 0 Å². The minimum atomic E-state index is 0.717. The number of hydrogen-bond donors (Lipinski definition) is 1. The number of nitrogens with one attached hydrogen (secondary N) is 1. The Balaban J connectivity index is 1.73. The summed E-state index contributed by atoms with van der Waals surface area (Å²) in [7, 11) is 0. The Hall–Kier alpha value is -1.13. The van der Waals surface area contributed by atoms with Crippen molar-refractivity contribution < 1.29 is 0 Å². The molecule has 1 N–H and O–H groups in total. The van der Waals surface area contributed by atoms with Crippen LogP contribution in [0.1, 0.15) is 25.3 Å². The first-order valence-electron chi connectivity index (χ1n) is 6.44. The first kappa shape index (κ1) is 12.3. The van der Waals surface area contributed by atoms with Crippen molar-refractivity contribution in [3.05, 3.63) is 24.5 Å². The molecular weight excluding hydrogens is 212 g/mol. The summed E-state index contributed by atoms with van der Waals surface area (Å²) in [4.78, 5) is 2.56. The number of hydrogen-bond acceptors (Lipinski definition) is 3. The van der Waals surface area contributed by atoms with Gasteiger partial charge in [0.05, 0.1) is 6.20 Å². The number of likely N-dealkylation sites (N-methyl/N-ethyl adjacent to an activating group) is 1. The molecule has 1 aliphatic rings. The van der Waals surface area contributed by atoms with Gasteiger partial charge in [-0.15, -0.1) is 0 Å². The molecule has 17 heavy (non-hydrogen) atoms. The van der Waals surface area contributed by atoms with Gasteiger partial charge in [0.25, 0.3) is 0 Å². The zero-order valence-electron chi connectivity index (χ0n) is 10.6. The molecule has 2 rings (SSSR count). The quantitative estimate of drug-likeness (QED) is 0.811. The zero-order valence-corrected chi connectivity index (χ0v) is 10.6. The Morgan fingerprint density at radius 2 is 2.53 bits per heavy atom. The van der Waals surface area contributed by atoms with E-state index in [2.05, 4.69) is 28.8 Å². The van der Waals surface area contributed by atoms with Gasteiger partial charge in [0.2, 0.25) is 0 Å². The van der Waals surface area contributed by atoms with Crippen LogP contribution in [0.25, 0.3) is 6.20 Å². The minimum Gasteiger partial charge on any atom is -0.311 e. The highest BCUT2D eigenvalue weighted by Crippen LogP contribution is 2.15. The maximum Gasteiger partial charge on any atom is 0.0538 e. The average molecular weight is 234 g/mol. The van der Waals surface area contributed by atoms with Crippen molar-refractivity contribution in [1.29, 1.82) is 0 Å². The topological polar surface area (TPSA) is 33.1 Å². The predicted octanol–water partition coefficient (Wildman–Crippen LogP) is 1.56. The van der Waals surface area contributed by atoms with Crippen LogP contribution in [0.3, 0.4) is 0 Å². The van der Waals surface area contributed by atoms with E-state index in [1.54, 1.807) is 10.9 Å². The normalized spacial score (nSPS) is 20.9. The van der Waals surface area contributed by atoms with E-state index in [9.17, 15) is 0 Å². The largest absolute Gasteiger partial charge is 0.311 e. The van der Waals surface area contributed by atoms with Crippen molar-refractivity contribution in [2.45, 2.75) is 32.4 Å². The molecule has 0 aliphatic carbocycles. The highest BCUT2D eigenvalue weighted by molar-refractivity contribution is 5.17. The van der Waals surface area contributed by atoms with Crippen molar-refractivity contribution in [1.82, 2.24) is 20.0 Å². The van der Waals surface area contributed by atoms with Crippen LogP contribution >= 0.6 is 0 Å². The molecule has 1 fully saturated rings. The number of nitrogens with zero attached hydrogens (tertiary/aromatic N) is 3. The van der Waals surface area contributed by atoms with E-state index in [4.69, 9.17) is 0 Å². The number of rotatable bonds is 6. The Labute approximate surface area is 103 Å². The van der Waals surface area contributed by atoms with Crippen LogP contribution < -0.4 is 5.32 Å². The molecule has 1 aromatic heterocycles. The lowest BCUT2D eigenvalue weighted by molar-refractivity contribution is 0.260.